The summed E-state index contributed by atoms with van der Waals surface area (Å²) in [6, 6.07) is 1.86. The molecule has 0 bridgehead atoms. The van der Waals surface area contributed by atoms with E-state index in [1.807, 2.05) is 6.07 Å². The van der Waals surface area contributed by atoms with Crippen molar-refractivity contribution in [1.82, 2.24) is 9.97 Å². The fourth-order valence-electron chi connectivity index (χ4n) is 0.994. The number of rotatable bonds is 3. The van der Waals surface area contributed by atoms with Crippen LogP contribution in [0.1, 0.15) is 24.7 Å². The first-order chi connectivity index (χ1) is 6.63. The molecule has 1 heterocycles. The van der Waals surface area contributed by atoms with Gasteiger partial charge in [-0.2, -0.15) is 5.26 Å². The Bertz CT molecular complexity index is 356. The fraction of sp³-hybridized carbons (Fsp3) is 0.444. The lowest BCUT2D eigenvalue weighted by Gasteiger charge is -2.03. The van der Waals surface area contributed by atoms with Crippen LogP contribution >= 0.6 is 0 Å². The molecule has 0 saturated heterocycles. The smallest absolute Gasteiger partial charge is 0.183 e. The molecule has 0 aliphatic rings. The van der Waals surface area contributed by atoms with E-state index in [2.05, 4.69) is 9.97 Å². The van der Waals surface area contributed by atoms with Crippen molar-refractivity contribution in [3.63, 3.8) is 0 Å². The SMILES string of the molecule is CC(O)CCc1cnc(N)c(C#N)n1. The molecular weight excluding hydrogens is 180 g/mol. The number of hydrogen-bond acceptors (Lipinski definition) is 5. The van der Waals surface area contributed by atoms with Gasteiger partial charge >= 0.3 is 0 Å². The molecule has 1 aromatic heterocycles. The average Bonchev–Trinajstić information content (AvgIpc) is 2.16. The number of anilines is 1. The number of nitrogen functional groups attached to an aromatic ring is 1. The van der Waals surface area contributed by atoms with Gasteiger partial charge in [0.2, 0.25) is 0 Å². The monoisotopic (exact) mass is 192 g/mol. The van der Waals surface area contributed by atoms with Crippen molar-refractivity contribution in [3.05, 3.63) is 17.6 Å². The van der Waals surface area contributed by atoms with Crippen LogP contribution in [-0.2, 0) is 6.42 Å². The van der Waals surface area contributed by atoms with Crippen LogP contribution in [0.5, 0.6) is 0 Å². The van der Waals surface area contributed by atoms with Gasteiger partial charge in [-0.15, -0.1) is 0 Å². The number of nitriles is 1. The van der Waals surface area contributed by atoms with Gasteiger partial charge in [0.05, 0.1) is 18.0 Å². The summed E-state index contributed by atoms with van der Waals surface area (Å²) in [5.41, 5.74) is 6.23. The summed E-state index contributed by atoms with van der Waals surface area (Å²) in [6.07, 6.45) is 2.35. The van der Waals surface area contributed by atoms with E-state index in [-0.39, 0.29) is 17.6 Å². The number of nitrogens with two attached hydrogens (primary N) is 1. The van der Waals surface area contributed by atoms with Crippen LogP contribution in [0.15, 0.2) is 6.20 Å². The number of nitrogens with zero attached hydrogens (tertiary/aromatic N) is 3. The van der Waals surface area contributed by atoms with Crippen LogP contribution in [0.25, 0.3) is 0 Å². The van der Waals surface area contributed by atoms with Crippen LogP contribution in [0.4, 0.5) is 5.82 Å². The van der Waals surface area contributed by atoms with E-state index in [1.54, 1.807) is 6.92 Å². The molecule has 74 valence electrons. The highest BCUT2D eigenvalue weighted by Crippen LogP contribution is 2.07. The van der Waals surface area contributed by atoms with Gasteiger partial charge in [0.15, 0.2) is 11.5 Å². The molecule has 1 rings (SSSR count). The van der Waals surface area contributed by atoms with E-state index in [0.29, 0.717) is 18.5 Å². The van der Waals surface area contributed by atoms with Crippen molar-refractivity contribution in [2.75, 3.05) is 5.73 Å². The Hall–Kier alpha value is -1.67. The van der Waals surface area contributed by atoms with E-state index in [0.717, 1.165) is 0 Å². The Balaban J connectivity index is 2.76. The van der Waals surface area contributed by atoms with Gasteiger partial charge in [-0.05, 0) is 19.8 Å². The minimum Gasteiger partial charge on any atom is -0.393 e. The maximum atomic E-state index is 9.06. The van der Waals surface area contributed by atoms with Crippen LogP contribution < -0.4 is 5.73 Å². The Kier molecular flexibility index (Phi) is 3.37. The Morgan fingerprint density at radius 2 is 2.43 bits per heavy atom. The zero-order valence-electron chi connectivity index (χ0n) is 7.94. The third-order valence-corrected chi connectivity index (χ3v) is 1.77. The molecule has 0 aliphatic carbocycles. The lowest BCUT2D eigenvalue weighted by molar-refractivity contribution is 0.184. The molecule has 0 amide bonds. The average molecular weight is 192 g/mol. The number of hydrogen-bond donors (Lipinski definition) is 2. The molecule has 0 spiro atoms. The van der Waals surface area contributed by atoms with Crippen molar-refractivity contribution in [3.8, 4) is 6.07 Å². The van der Waals surface area contributed by atoms with Crippen molar-refractivity contribution >= 4 is 5.82 Å². The van der Waals surface area contributed by atoms with E-state index in [4.69, 9.17) is 16.1 Å². The molecule has 0 radical (unpaired) electrons. The number of aliphatic hydroxyl groups excluding tert-OH is 1. The summed E-state index contributed by atoms with van der Waals surface area (Å²) in [7, 11) is 0. The third-order valence-electron chi connectivity index (χ3n) is 1.77. The summed E-state index contributed by atoms with van der Waals surface area (Å²) in [6.45, 7) is 1.70. The minimum absolute atomic E-state index is 0.146. The number of aliphatic hydroxyl groups is 1. The van der Waals surface area contributed by atoms with Crippen molar-refractivity contribution in [1.29, 1.82) is 5.26 Å². The second-order valence-corrected chi connectivity index (χ2v) is 3.09. The van der Waals surface area contributed by atoms with Crippen molar-refractivity contribution in [2.24, 2.45) is 0 Å². The molecule has 0 aliphatic heterocycles. The summed E-state index contributed by atoms with van der Waals surface area (Å²) >= 11 is 0. The van der Waals surface area contributed by atoms with E-state index in [9.17, 15) is 0 Å². The number of aryl methyl sites for hydroxylation is 1. The van der Waals surface area contributed by atoms with Gasteiger partial charge in [-0.3, -0.25) is 0 Å². The quantitative estimate of drug-likeness (QED) is 0.715. The zero-order chi connectivity index (χ0) is 10.6. The molecular formula is C9H12N4O. The lowest BCUT2D eigenvalue weighted by atomic mass is 10.2. The maximum absolute atomic E-state index is 9.06. The predicted molar refractivity (Wildman–Crippen MR) is 51.2 cm³/mol. The highest BCUT2D eigenvalue weighted by Gasteiger charge is 2.04. The first-order valence-electron chi connectivity index (χ1n) is 4.33. The third kappa shape index (κ3) is 2.68. The van der Waals surface area contributed by atoms with Gasteiger partial charge in [0, 0.05) is 0 Å². The van der Waals surface area contributed by atoms with Crippen LogP contribution in [-0.4, -0.2) is 21.2 Å². The van der Waals surface area contributed by atoms with Crippen molar-refractivity contribution in [2.45, 2.75) is 25.9 Å². The van der Waals surface area contributed by atoms with Crippen molar-refractivity contribution < 1.29 is 5.11 Å². The normalized spacial score (nSPS) is 12.1. The molecule has 0 saturated carbocycles. The van der Waals surface area contributed by atoms with Gasteiger partial charge in [0.25, 0.3) is 0 Å². The molecule has 0 fully saturated rings. The summed E-state index contributed by atoms with van der Waals surface area (Å²) in [5.74, 6) is 0.147. The second-order valence-electron chi connectivity index (χ2n) is 3.09. The van der Waals surface area contributed by atoms with E-state index >= 15 is 0 Å². The van der Waals surface area contributed by atoms with Gasteiger partial charge < -0.3 is 10.8 Å². The Labute approximate surface area is 82.2 Å². The second kappa shape index (κ2) is 4.53. The highest BCUT2D eigenvalue weighted by atomic mass is 16.3. The number of aromatic nitrogens is 2. The lowest BCUT2D eigenvalue weighted by Crippen LogP contribution is -2.05. The topological polar surface area (TPSA) is 95.8 Å². The minimum atomic E-state index is -0.375. The molecule has 3 N–H and O–H groups in total. The summed E-state index contributed by atoms with van der Waals surface area (Å²) < 4.78 is 0. The van der Waals surface area contributed by atoms with Gasteiger partial charge in [-0.1, -0.05) is 0 Å². The fourth-order valence-corrected chi connectivity index (χ4v) is 0.994. The summed E-state index contributed by atoms with van der Waals surface area (Å²) in [5, 5.41) is 17.7. The van der Waals surface area contributed by atoms with E-state index < -0.39 is 0 Å². The Morgan fingerprint density at radius 1 is 1.71 bits per heavy atom. The molecule has 5 nitrogen and oxygen atoms in total. The summed E-state index contributed by atoms with van der Waals surface area (Å²) in [4.78, 5) is 7.84. The highest BCUT2D eigenvalue weighted by molar-refractivity contribution is 5.42. The maximum Gasteiger partial charge on any atom is 0.183 e. The van der Waals surface area contributed by atoms with Crippen LogP contribution in [0.3, 0.4) is 0 Å². The molecule has 1 aromatic rings. The molecule has 1 atom stereocenters. The van der Waals surface area contributed by atoms with Crippen LogP contribution in [0, 0.1) is 11.3 Å². The molecule has 0 aromatic carbocycles. The first kappa shape index (κ1) is 10.4. The zero-order valence-corrected chi connectivity index (χ0v) is 7.94. The molecule has 1 unspecified atom stereocenters. The van der Waals surface area contributed by atoms with Gasteiger partial charge in [-0.25, -0.2) is 9.97 Å². The predicted octanol–water partition coefficient (Wildman–Crippen LogP) is 0.244. The van der Waals surface area contributed by atoms with Gasteiger partial charge in [0.1, 0.15) is 6.07 Å². The Morgan fingerprint density at radius 3 is 3.00 bits per heavy atom. The molecule has 5 heteroatoms. The van der Waals surface area contributed by atoms with Crippen LogP contribution in [0.2, 0.25) is 0 Å². The largest absolute Gasteiger partial charge is 0.393 e. The van der Waals surface area contributed by atoms with E-state index in [1.165, 1.54) is 6.20 Å². The standard InChI is InChI=1S/C9H12N4O/c1-6(14)2-3-7-5-12-9(11)8(4-10)13-7/h5-6,14H,2-3H2,1H3,(H2,11,12). The molecule has 14 heavy (non-hydrogen) atoms. The first-order valence-corrected chi connectivity index (χ1v) is 4.33.